The first-order chi connectivity index (χ1) is 12.5. The molecule has 0 N–H and O–H groups in total. The molecule has 0 aliphatic carbocycles. The van der Waals surface area contributed by atoms with Crippen LogP contribution in [0.2, 0.25) is 0 Å². The van der Waals surface area contributed by atoms with Gasteiger partial charge >= 0.3 is 5.97 Å². The van der Waals surface area contributed by atoms with Crippen LogP contribution in [0.5, 0.6) is 0 Å². The summed E-state index contributed by atoms with van der Waals surface area (Å²) < 4.78 is 4.69. The van der Waals surface area contributed by atoms with Crippen LogP contribution in [0.4, 0.5) is 0 Å². The molecule has 5 nitrogen and oxygen atoms in total. The number of methoxy groups -OCH3 is 1. The molecule has 1 amide bonds. The van der Waals surface area contributed by atoms with Gasteiger partial charge in [0.1, 0.15) is 0 Å². The Kier molecular flexibility index (Phi) is 7.33. The second kappa shape index (κ2) is 9.70. The third-order valence-corrected chi connectivity index (χ3v) is 4.33. The predicted octanol–water partition coefficient (Wildman–Crippen LogP) is 3.37. The van der Waals surface area contributed by atoms with Crippen LogP contribution in [0, 0.1) is 5.92 Å². The van der Waals surface area contributed by atoms with Crippen molar-refractivity contribution < 1.29 is 14.3 Å². The number of pyridine rings is 1. The number of aryl methyl sites for hydroxylation is 1. The molecule has 5 heteroatoms. The lowest BCUT2D eigenvalue weighted by Crippen LogP contribution is -2.35. The summed E-state index contributed by atoms with van der Waals surface area (Å²) in [5, 5.41) is 0. The molecule has 138 valence electrons. The van der Waals surface area contributed by atoms with Crippen molar-refractivity contribution in [3.63, 3.8) is 0 Å². The van der Waals surface area contributed by atoms with E-state index in [1.54, 1.807) is 24.2 Å². The first-order valence-corrected chi connectivity index (χ1v) is 8.85. The number of rotatable bonds is 8. The van der Waals surface area contributed by atoms with Gasteiger partial charge in [-0.25, -0.2) is 0 Å². The van der Waals surface area contributed by atoms with E-state index in [4.69, 9.17) is 4.74 Å². The average molecular weight is 354 g/mol. The van der Waals surface area contributed by atoms with E-state index in [0.29, 0.717) is 13.1 Å². The van der Waals surface area contributed by atoms with E-state index < -0.39 is 5.92 Å². The molecule has 0 fully saturated rings. The maximum absolute atomic E-state index is 12.9. The standard InChI is InChI=1S/C21H26N2O3/c1-4-17-7-9-18(10-8-17)14-23(15-19-6-5-11-22-13-19)21(25)16(2)12-20(24)26-3/h5-11,13,16H,4,12,14-15H2,1-3H3/t16-/m0/s1. The number of carbonyl (C=O) groups is 2. The molecular weight excluding hydrogens is 328 g/mol. The Bertz CT molecular complexity index is 714. The highest BCUT2D eigenvalue weighted by atomic mass is 16.5. The molecule has 26 heavy (non-hydrogen) atoms. The summed E-state index contributed by atoms with van der Waals surface area (Å²) in [6.45, 7) is 4.81. The molecule has 0 radical (unpaired) electrons. The van der Waals surface area contributed by atoms with E-state index in [0.717, 1.165) is 17.5 Å². The lowest BCUT2D eigenvalue weighted by Gasteiger charge is -2.26. The second-order valence-electron chi connectivity index (χ2n) is 6.41. The van der Waals surface area contributed by atoms with Crippen molar-refractivity contribution in [3.8, 4) is 0 Å². The monoisotopic (exact) mass is 354 g/mol. The molecule has 1 aromatic carbocycles. The summed E-state index contributed by atoms with van der Waals surface area (Å²) in [7, 11) is 1.34. The zero-order valence-electron chi connectivity index (χ0n) is 15.6. The highest BCUT2D eigenvalue weighted by molar-refractivity contribution is 5.83. The largest absolute Gasteiger partial charge is 0.469 e. The van der Waals surface area contributed by atoms with E-state index in [1.165, 1.54) is 12.7 Å². The number of benzene rings is 1. The number of amides is 1. The van der Waals surface area contributed by atoms with Crippen LogP contribution in [-0.4, -0.2) is 28.9 Å². The van der Waals surface area contributed by atoms with Crippen molar-refractivity contribution >= 4 is 11.9 Å². The SMILES string of the molecule is CCc1ccc(CN(Cc2cccnc2)C(=O)[C@@H](C)CC(=O)OC)cc1. The van der Waals surface area contributed by atoms with Crippen LogP contribution in [0.25, 0.3) is 0 Å². The van der Waals surface area contributed by atoms with Crippen LogP contribution < -0.4 is 0 Å². The number of esters is 1. The summed E-state index contributed by atoms with van der Waals surface area (Å²) in [5.74, 6) is -0.882. The normalized spacial score (nSPS) is 11.7. The van der Waals surface area contributed by atoms with Crippen molar-refractivity contribution in [2.45, 2.75) is 39.8 Å². The fourth-order valence-electron chi connectivity index (χ4n) is 2.76. The molecule has 2 rings (SSSR count). The van der Waals surface area contributed by atoms with Gasteiger partial charge in [0.25, 0.3) is 0 Å². The molecule has 0 aliphatic heterocycles. The van der Waals surface area contributed by atoms with Gasteiger partial charge in [0.05, 0.1) is 13.5 Å². The van der Waals surface area contributed by atoms with Gasteiger partial charge in [-0.15, -0.1) is 0 Å². The molecule has 0 aliphatic rings. The van der Waals surface area contributed by atoms with E-state index in [1.807, 2.05) is 24.3 Å². The van der Waals surface area contributed by atoms with Crippen LogP contribution in [0.3, 0.4) is 0 Å². The van der Waals surface area contributed by atoms with Crippen molar-refractivity contribution in [1.29, 1.82) is 0 Å². The van der Waals surface area contributed by atoms with Crippen LogP contribution in [0.15, 0.2) is 48.8 Å². The zero-order valence-corrected chi connectivity index (χ0v) is 15.6. The Morgan fingerprint density at radius 2 is 1.73 bits per heavy atom. The highest BCUT2D eigenvalue weighted by Crippen LogP contribution is 2.16. The van der Waals surface area contributed by atoms with Crippen molar-refractivity contribution in [2.75, 3.05) is 7.11 Å². The van der Waals surface area contributed by atoms with Crippen LogP contribution >= 0.6 is 0 Å². The molecule has 1 heterocycles. The van der Waals surface area contributed by atoms with Gasteiger partial charge in [0.2, 0.25) is 5.91 Å². The molecule has 2 aromatic rings. The molecule has 0 bridgehead atoms. The minimum absolute atomic E-state index is 0.0705. The number of carbonyl (C=O) groups excluding carboxylic acids is 2. The smallest absolute Gasteiger partial charge is 0.306 e. The van der Waals surface area contributed by atoms with E-state index in [9.17, 15) is 9.59 Å². The minimum atomic E-state index is -0.436. The first kappa shape index (κ1) is 19.6. The Hall–Kier alpha value is -2.69. The minimum Gasteiger partial charge on any atom is -0.469 e. The topological polar surface area (TPSA) is 59.5 Å². The molecule has 0 saturated carbocycles. The molecular formula is C21H26N2O3. The summed E-state index contributed by atoms with van der Waals surface area (Å²) >= 11 is 0. The van der Waals surface area contributed by atoms with Gasteiger partial charge in [-0.05, 0) is 29.2 Å². The summed E-state index contributed by atoms with van der Waals surface area (Å²) in [6, 6.07) is 12.1. The number of hydrogen-bond acceptors (Lipinski definition) is 4. The van der Waals surface area contributed by atoms with Gasteiger partial charge in [-0.1, -0.05) is 44.2 Å². The third kappa shape index (κ3) is 5.69. The number of nitrogens with zero attached hydrogens (tertiary/aromatic N) is 2. The predicted molar refractivity (Wildman–Crippen MR) is 100 cm³/mol. The van der Waals surface area contributed by atoms with Crippen LogP contribution in [-0.2, 0) is 33.8 Å². The van der Waals surface area contributed by atoms with Gasteiger partial charge in [-0.3, -0.25) is 14.6 Å². The maximum atomic E-state index is 12.9. The van der Waals surface area contributed by atoms with Gasteiger partial charge < -0.3 is 9.64 Å². The highest BCUT2D eigenvalue weighted by Gasteiger charge is 2.23. The molecule has 0 unspecified atom stereocenters. The fourth-order valence-corrected chi connectivity index (χ4v) is 2.76. The van der Waals surface area contributed by atoms with E-state index in [2.05, 4.69) is 24.0 Å². The Labute approximate surface area is 155 Å². The summed E-state index contributed by atoms with van der Waals surface area (Å²) in [5.41, 5.74) is 3.28. The van der Waals surface area contributed by atoms with Gasteiger partial charge in [0.15, 0.2) is 0 Å². The Morgan fingerprint density at radius 1 is 1.08 bits per heavy atom. The van der Waals surface area contributed by atoms with Gasteiger partial charge in [0, 0.05) is 31.4 Å². The first-order valence-electron chi connectivity index (χ1n) is 8.85. The van der Waals surface area contributed by atoms with Crippen molar-refractivity contribution in [2.24, 2.45) is 5.92 Å². The number of aromatic nitrogens is 1. The zero-order chi connectivity index (χ0) is 18.9. The molecule has 1 atom stereocenters. The third-order valence-electron chi connectivity index (χ3n) is 4.33. The number of hydrogen-bond donors (Lipinski definition) is 0. The van der Waals surface area contributed by atoms with E-state index >= 15 is 0 Å². The van der Waals surface area contributed by atoms with Crippen LogP contribution in [0.1, 0.15) is 37.0 Å². The van der Waals surface area contributed by atoms with E-state index in [-0.39, 0.29) is 18.3 Å². The molecule has 0 spiro atoms. The second-order valence-corrected chi connectivity index (χ2v) is 6.41. The summed E-state index contributed by atoms with van der Waals surface area (Å²) in [6.07, 6.45) is 4.52. The molecule has 0 saturated heterocycles. The van der Waals surface area contributed by atoms with Crippen molar-refractivity contribution in [1.82, 2.24) is 9.88 Å². The fraction of sp³-hybridized carbons (Fsp3) is 0.381. The summed E-state index contributed by atoms with van der Waals surface area (Å²) in [4.78, 5) is 30.3. The average Bonchev–Trinajstić information content (AvgIpc) is 2.68. The Morgan fingerprint density at radius 3 is 2.31 bits per heavy atom. The quantitative estimate of drug-likeness (QED) is 0.682. The van der Waals surface area contributed by atoms with Gasteiger partial charge in [-0.2, -0.15) is 0 Å². The lowest BCUT2D eigenvalue weighted by molar-refractivity contribution is -0.146. The van der Waals surface area contributed by atoms with Crippen molar-refractivity contribution in [3.05, 3.63) is 65.5 Å². The maximum Gasteiger partial charge on any atom is 0.306 e. The number of ether oxygens (including phenoxy) is 1. The molecule has 1 aromatic heterocycles. The lowest BCUT2D eigenvalue weighted by atomic mass is 10.0. The Balaban J connectivity index is 2.16.